The van der Waals surface area contributed by atoms with E-state index in [-0.39, 0.29) is 17.7 Å². The van der Waals surface area contributed by atoms with Crippen molar-refractivity contribution in [2.24, 2.45) is 17.6 Å². The van der Waals surface area contributed by atoms with Crippen LogP contribution in [0, 0.1) is 11.8 Å². The summed E-state index contributed by atoms with van der Waals surface area (Å²) >= 11 is 0. The molecule has 1 aromatic rings. The standard InChI is InChI=1S/C19H20N4O6/c1-23(2)13-9-4-7-3-8-5-21-6-22-12(8)14(24)10(7)16(26)19(9,29)17(27)11(15(13)25)18(20)28/h5-7,9,13,25-26,29H,3-4H2,1-2H3,(H2,20,28)/t7-,9-,13-,19-/m0/s1. The number of ketones is 2. The van der Waals surface area contributed by atoms with Gasteiger partial charge < -0.3 is 21.1 Å². The van der Waals surface area contributed by atoms with Gasteiger partial charge in [0, 0.05) is 23.3 Å². The second-order valence-corrected chi connectivity index (χ2v) is 7.86. The minimum atomic E-state index is -2.56. The topological polar surface area (TPSA) is 167 Å². The summed E-state index contributed by atoms with van der Waals surface area (Å²) in [6.07, 6.45) is 3.16. The number of aromatic nitrogens is 2. The van der Waals surface area contributed by atoms with Crippen LogP contribution >= 0.6 is 0 Å². The Morgan fingerprint density at radius 3 is 2.62 bits per heavy atom. The zero-order chi connectivity index (χ0) is 21.2. The number of rotatable bonds is 2. The number of hydrogen-bond acceptors (Lipinski definition) is 9. The minimum absolute atomic E-state index is 0.0979. The number of fused-ring (bicyclic) bond motifs is 3. The fourth-order valence-electron chi connectivity index (χ4n) is 4.87. The first-order valence-corrected chi connectivity index (χ1v) is 9.04. The Morgan fingerprint density at radius 2 is 2.00 bits per heavy atom. The van der Waals surface area contributed by atoms with E-state index >= 15 is 0 Å². The maximum Gasteiger partial charge on any atom is 0.255 e. The van der Waals surface area contributed by atoms with Crippen LogP contribution in [-0.2, 0) is 16.0 Å². The van der Waals surface area contributed by atoms with Gasteiger partial charge >= 0.3 is 0 Å². The zero-order valence-electron chi connectivity index (χ0n) is 15.8. The van der Waals surface area contributed by atoms with E-state index in [0.717, 1.165) is 0 Å². The summed E-state index contributed by atoms with van der Waals surface area (Å²) in [5.41, 5.74) is 2.53. The van der Waals surface area contributed by atoms with Gasteiger partial charge in [-0.05, 0) is 32.9 Å². The summed E-state index contributed by atoms with van der Waals surface area (Å²) < 4.78 is 0. The first kappa shape index (κ1) is 19.2. The highest BCUT2D eigenvalue weighted by Gasteiger charge is 2.63. The second kappa shape index (κ2) is 6.19. The van der Waals surface area contributed by atoms with E-state index in [2.05, 4.69) is 9.97 Å². The molecular weight excluding hydrogens is 380 g/mol. The lowest BCUT2D eigenvalue weighted by atomic mass is 9.59. The molecule has 0 fully saturated rings. The van der Waals surface area contributed by atoms with Crippen molar-refractivity contribution >= 4 is 17.5 Å². The van der Waals surface area contributed by atoms with Crippen LogP contribution in [0.2, 0.25) is 0 Å². The van der Waals surface area contributed by atoms with Gasteiger partial charge in [0.25, 0.3) is 5.91 Å². The number of nitrogens with zero attached hydrogens (tertiary/aromatic N) is 3. The Bertz CT molecular complexity index is 1030. The first-order chi connectivity index (χ1) is 13.6. The molecule has 0 radical (unpaired) electrons. The molecule has 0 unspecified atom stereocenters. The van der Waals surface area contributed by atoms with Gasteiger partial charge in [-0.1, -0.05) is 0 Å². The van der Waals surface area contributed by atoms with Crippen molar-refractivity contribution < 1.29 is 29.7 Å². The lowest BCUT2D eigenvalue weighted by molar-refractivity contribution is -0.148. The molecule has 152 valence electrons. The van der Waals surface area contributed by atoms with Crippen LogP contribution in [0.5, 0.6) is 0 Å². The summed E-state index contributed by atoms with van der Waals surface area (Å²) in [5.74, 6) is -5.91. The van der Waals surface area contributed by atoms with Gasteiger partial charge in [-0.3, -0.25) is 19.3 Å². The Hall–Kier alpha value is -3.11. The number of carbonyl (C=O) groups is 3. The van der Waals surface area contributed by atoms with Gasteiger partial charge in [-0.15, -0.1) is 0 Å². The summed E-state index contributed by atoms with van der Waals surface area (Å²) in [5, 5.41) is 33.0. The largest absolute Gasteiger partial charge is 0.510 e. The van der Waals surface area contributed by atoms with Crippen LogP contribution in [0.15, 0.2) is 35.2 Å². The predicted octanol–water partition coefficient (Wildman–Crippen LogP) is -0.795. The third-order valence-corrected chi connectivity index (χ3v) is 6.11. The van der Waals surface area contributed by atoms with E-state index in [1.807, 2.05) is 0 Å². The van der Waals surface area contributed by atoms with Crippen molar-refractivity contribution in [2.75, 3.05) is 14.1 Å². The molecule has 5 N–H and O–H groups in total. The van der Waals surface area contributed by atoms with Crippen molar-refractivity contribution in [3.05, 3.63) is 46.4 Å². The molecule has 10 nitrogen and oxygen atoms in total. The normalized spacial score (nSPS) is 31.5. The number of allylic oxidation sites excluding steroid dienone is 1. The number of nitrogens with two attached hydrogens (primary N) is 1. The molecule has 4 rings (SSSR count). The molecule has 4 atom stereocenters. The molecule has 0 aromatic carbocycles. The van der Waals surface area contributed by atoms with Gasteiger partial charge in [0.15, 0.2) is 5.60 Å². The maximum absolute atomic E-state index is 13.0. The molecule has 0 saturated carbocycles. The van der Waals surface area contributed by atoms with Crippen molar-refractivity contribution in [3.63, 3.8) is 0 Å². The summed E-state index contributed by atoms with van der Waals surface area (Å²) in [4.78, 5) is 47.3. The van der Waals surface area contributed by atoms with E-state index < -0.39 is 58.0 Å². The number of hydrogen-bond donors (Lipinski definition) is 4. The third-order valence-electron chi connectivity index (χ3n) is 6.11. The molecular formula is C19H20N4O6. The van der Waals surface area contributed by atoms with Gasteiger partial charge in [0.1, 0.15) is 29.1 Å². The van der Waals surface area contributed by atoms with Gasteiger partial charge in [0.2, 0.25) is 11.6 Å². The Balaban J connectivity index is 1.96. The van der Waals surface area contributed by atoms with E-state index in [0.29, 0.717) is 12.0 Å². The smallest absolute Gasteiger partial charge is 0.255 e. The monoisotopic (exact) mass is 400 g/mol. The summed E-state index contributed by atoms with van der Waals surface area (Å²) in [6.45, 7) is 0. The van der Waals surface area contributed by atoms with E-state index in [1.54, 1.807) is 14.1 Å². The van der Waals surface area contributed by atoms with Gasteiger partial charge in [-0.25, -0.2) is 9.97 Å². The summed E-state index contributed by atoms with van der Waals surface area (Å²) in [7, 11) is 3.20. The number of aliphatic hydroxyl groups excluding tert-OH is 2. The Morgan fingerprint density at radius 1 is 1.31 bits per heavy atom. The third kappa shape index (κ3) is 2.39. The van der Waals surface area contributed by atoms with Crippen molar-refractivity contribution in [2.45, 2.75) is 24.5 Å². The number of likely N-dealkylation sites (N-methyl/N-ethyl adjacent to an activating group) is 1. The average Bonchev–Trinajstić information content (AvgIpc) is 2.64. The predicted molar refractivity (Wildman–Crippen MR) is 97.6 cm³/mol. The van der Waals surface area contributed by atoms with Crippen molar-refractivity contribution in [1.29, 1.82) is 0 Å². The van der Waals surface area contributed by atoms with Crippen LogP contribution < -0.4 is 5.73 Å². The number of primary amides is 1. The van der Waals surface area contributed by atoms with Crippen LogP contribution in [0.3, 0.4) is 0 Å². The fourth-order valence-corrected chi connectivity index (χ4v) is 4.87. The average molecular weight is 400 g/mol. The molecule has 10 heteroatoms. The molecule has 1 heterocycles. The molecule has 0 spiro atoms. The highest BCUT2D eigenvalue weighted by atomic mass is 16.3. The second-order valence-electron chi connectivity index (χ2n) is 7.86. The van der Waals surface area contributed by atoms with Crippen molar-refractivity contribution in [3.8, 4) is 0 Å². The fraction of sp³-hybridized carbons (Fsp3) is 0.421. The number of Topliss-reactive ketones (excluding diaryl/α,β-unsaturated/α-hetero) is 2. The molecule has 3 aliphatic carbocycles. The molecule has 0 bridgehead atoms. The van der Waals surface area contributed by atoms with Crippen LogP contribution in [-0.4, -0.2) is 73.4 Å². The van der Waals surface area contributed by atoms with Crippen LogP contribution in [0.1, 0.15) is 22.5 Å². The summed E-state index contributed by atoms with van der Waals surface area (Å²) in [6, 6.07) is -0.965. The van der Waals surface area contributed by atoms with E-state index in [1.165, 1.54) is 17.4 Å². The zero-order valence-corrected chi connectivity index (χ0v) is 15.8. The lowest BCUT2D eigenvalue weighted by Crippen LogP contribution is -2.63. The Kier molecular flexibility index (Phi) is 4.10. The first-order valence-electron chi connectivity index (χ1n) is 9.04. The van der Waals surface area contributed by atoms with E-state index in [9.17, 15) is 29.7 Å². The molecule has 1 aromatic heterocycles. The highest BCUT2D eigenvalue weighted by molar-refractivity contribution is 6.24. The molecule has 1 amide bonds. The highest BCUT2D eigenvalue weighted by Crippen LogP contribution is 2.51. The van der Waals surface area contributed by atoms with Gasteiger partial charge in [-0.2, -0.15) is 0 Å². The molecule has 29 heavy (non-hydrogen) atoms. The SMILES string of the molecule is CN(C)[C@@H]1C(O)=C(C(N)=O)C(=O)[C@@]2(O)C(O)=C3C(=O)c4ncncc4C[C@H]3C[C@@H]12. The van der Waals surface area contributed by atoms with Crippen LogP contribution in [0.4, 0.5) is 0 Å². The van der Waals surface area contributed by atoms with Gasteiger partial charge in [0.05, 0.1) is 6.04 Å². The van der Waals surface area contributed by atoms with Crippen molar-refractivity contribution in [1.82, 2.24) is 14.9 Å². The lowest BCUT2D eigenvalue weighted by Gasteiger charge is -2.49. The maximum atomic E-state index is 13.0. The minimum Gasteiger partial charge on any atom is -0.510 e. The molecule has 0 saturated heterocycles. The molecule has 3 aliphatic rings. The Labute approximate surface area is 165 Å². The van der Waals surface area contributed by atoms with Crippen LogP contribution in [0.25, 0.3) is 0 Å². The quantitative estimate of drug-likeness (QED) is 0.465. The number of aliphatic hydroxyl groups is 3. The molecule has 0 aliphatic heterocycles. The van der Waals surface area contributed by atoms with E-state index in [4.69, 9.17) is 5.73 Å². The number of amides is 1. The number of carbonyl (C=O) groups excluding carboxylic acids is 3.